The Morgan fingerprint density at radius 2 is 1.90 bits per heavy atom. The molecule has 0 saturated heterocycles. The summed E-state index contributed by atoms with van der Waals surface area (Å²) in [5.74, 6) is -0.963. The molecule has 2 rings (SSSR count). The molecule has 1 aromatic heterocycles. The van der Waals surface area contributed by atoms with Gasteiger partial charge in [0, 0.05) is 0 Å². The molecule has 1 aromatic carbocycles. The van der Waals surface area contributed by atoms with Gasteiger partial charge >= 0.3 is 0 Å². The van der Waals surface area contributed by atoms with E-state index in [2.05, 4.69) is 0 Å². The summed E-state index contributed by atoms with van der Waals surface area (Å²) < 4.78 is 25.1. The summed E-state index contributed by atoms with van der Waals surface area (Å²) in [5, 5.41) is 0. The molecule has 0 radical (unpaired) electrons. The number of sulfone groups is 1. The van der Waals surface area contributed by atoms with E-state index >= 15 is 0 Å². The molecule has 0 fully saturated rings. The number of halogens is 1. The molecule has 0 spiro atoms. The van der Waals surface area contributed by atoms with Gasteiger partial charge in [-0.15, -0.1) is 11.3 Å². The van der Waals surface area contributed by atoms with E-state index in [0.29, 0.717) is 14.8 Å². The predicted molar refractivity (Wildman–Crippen MR) is 81.6 cm³/mol. The quantitative estimate of drug-likeness (QED) is 0.804. The summed E-state index contributed by atoms with van der Waals surface area (Å²) in [6.45, 7) is 3.62. The number of carbonyl (C=O) groups is 1. The number of thiophene rings is 1. The van der Waals surface area contributed by atoms with Crippen LogP contribution in [0.5, 0.6) is 0 Å². The molecule has 6 heteroatoms. The number of benzene rings is 1. The number of carbonyl (C=O) groups excluding carboxylic acids is 1. The van der Waals surface area contributed by atoms with Crippen LogP contribution < -0.4 is 0 Å². The molecule has 20 heavy (non-hydrogen) atoms. The molecule has 0 amide bonds. The highest BCUT2D eigenvalue weighted by atomic mass is 35.5. The van der Waals surface area contributed by atoms with E-state index in [4.69, 9.17) is 11.6 Å². The third-order valence-corrected chi connectivity index (χ3v) is 5.88. The van der Waals surface area contributed by atoms with E-state index in [9.17, 15) is 13.2 Å². The minimum absolute atomic E-state index is 0.208. The molecule has 106 valence electrons. The second kappa shape index (κ2) is 5.68. The van der Waals surface area contributed by atoms with Crippen molar-refractivity contribution in [3.05, 3.63) is 50.7 Å². The van der Waals surface area contributed by atoms with Crippen molar-refractivity contribution in [3.8, 4) is 0 Å². The largest absolute Gasteiger partial charge is 0.292 e. The minimum atomic E-state index is -3.63. The summed E-state index contributed by atoms with van der Waals surface area (Å²) in [6, 6.07) is 8.20. The normalized spacial score (nSPS) is 11.6. The van der Waals surface area contributed by atoms with Crippen molar-refractivity contribution in [2.24, 2.45) is 0 Å². The zero-order valence-corrected chi connectivity index (χ0v) is 13.4. The average molecular weight is 329 g/mol. The first-order chi connectivity index (χ1) is 9.29. The first kappa shape index (κ1) is 15.2. The third-order valence-electron chi connectivity index (χ3n) is 2.83. The van der Waals surface area contributed by atoms with Crippen molar-refractivity contribution in [1.82, 2.24) is 0 Å². The lowest BCUT2D eigenvalue weighted by atomic mass is 10.2. The Morgan fingerprint density at radius 1 is 1.20 bits per heavy atom. The summed E-state index contributed by atoms with van der Waals surface area (Å²) in [6.07, 6.45) is 0. The van der Waals surface area contributed by atoms with Gasteiger partial charge in [0.2, 0.25) is 0 Å². The van der Waals surface area contributed by atoms with Crippen LogP contribution in [0.3, 0.4) is 0 Å². The molecule has 0 aliphatic rings. The van der Waals surface area contributed by atoms with Crippen LogP contribution in [-0.2, 0) is 9.84 Å². The van der Waals surface area contributed by atoms with Crippen molar-refractivity contribution >= 4 is 38.6 Å². The Bertz CT molecular complexity index is 760. The average Bonchev–Trinajstić information content (AvgIpc) is 2.74. The van der Waals surface area contributed by atoms with Gasteiger partial charge in [0.25, 0.3) is 0 Å². The highest BCUT2D eigenvalue weighted by Crippen LogP contribution is 2.24. The van der Waals surface area contributed by atoms with Crippen LogP contribution in [0.1, 0.15) is 20.8 Å². The van der Waals surface area contributed by atoms with Gasteiger partial charge in [-0.05, 0) is 37.6 Å². The Hall–Kier alpha value is -1.17. The van der Waals surface area contributed by atoms with E-state index in [1.807, 2.05) is 6.92 Å². The van der Waals surface area contributed by atoms with Gasteiger partial charge in [-0.25, -0.2) is 8.42 Å². The molecule has 2 aromatic rings. The Kier molecular flexibility index (Phi) is 4.32. The van der Waals surface area contributed by atoms with Crippen molar-refractivity contribution in [2.45, 2.75) is 18.7 Å². The number of ketones is 1. The first-order valence-electron chi connectivity index (χ1n) is 5.88. The maximum Gasteiger partial charge on any atom is 0.188 e. The molecule has 0 aliphatic heterocycles. The minimum Gasteiger partial charge on any atom is -0.292 e. The zero-order valence-electron chi connectivity index (χ0n) is 11.0. The van der Waals surface area contributed by atoms with Crippen molar-refractivity contribution in [1.29, 1.82) is 0 Å². The van der Waals surface area contributed by atoms with E-state index in [1.165, 1.54) is 0 Å². The second-order valence-corrected chi connectivity index (χ2v) is 8.23. The highest BCUT2D eigenvalue weighted by molar-refractivity contribution is 7.92. The van der Waals surface area contributed by atoms with E-state index < -0.39 is 21.4 Å². The summed E-state index contributed by atoms with van der Waals surface area (Å²) in [5.41, 5.74) is 1.64. The maximum atomic E-state index is 12.3. The number of hydrogen-bond donors (Lipinski definition) is 0. The molecular weight excluding hydrogens is 316 g/mol. The maximum absolute atomic E-state index is 12.3. The predicted octanol–water partition coefficient (Wildman–Crippen LogP) is 3.67. The molecule has 0 atom stereocenters. The Labute approximate surface area is 127 Å². The van der Waals surface area contributed by atoms with Crippen molar-refractivity contribution in [3.63, 3.8) is 0 Å². The van der Waals surface area contributed by atoms with E-state index in [0.717, 1.165) is 16.9 Å². The van der Waals surface area contributed by atoms with Gasteiger partial charge in [-0.3, -0.25) is 4.79 Å². The van der Waals surface area contributed by atoms with Crippen LogP contribution in [0, 0.1) is 13.8 Å². The van der Waals surface area contributed by atoms with Crippen LogP contribution in [0.25, 0.3) is 0 Å². The van der Waals surface area contributed by atoms with Gasteiger partial charge in [-0.1, -0.05) is 29.3 Å². The molecule has 0 unspecified atom stereocenters. The summed E-state index contributed by atoms with van der Waals surface area (Å²) in [7, 11) is -3.63. The topological polar surface area (TPSA) is 51.2 Å². The van der Waals surface area contributed by atoms with Crippen molar-refractivity contribution < 1.29 is 13.2 Å². The fraction of sp³-hybridized carbons (Fsp3) is 0.214. The summed E-state index contributed by atoms with van der Waals surface area (Å²) >= 11 is 6.84. The van der Waals surface area contributed by atoms with Crippen LogP contribution in [0.15, 0.2) is 35.2 Å². The second-order valence-electron chi connectivity index (χ2n) is 4.55. The van der Waals surface area contributed by atoms with Gasteiger partial charge in [0.05, 0.1) is 14.1 Å². The summed E-state index contributed by atoms with van der Waals surface area (Å²) in [4.78, 5) is 12.6. The van der Waals surface area contributed by atoms with Crippen LogP contribution in [0.2, 0.25) is 4.34 Å². The Morgan fingerprint density at radius 3 is 2.45 bits per heavy atom. The molecule has 0 saturated carbocycles. The van der Waals surface area contributed by atoms with Gasteiger partial charge in [0.15, 0.2) is 15.6 Å². The fourth-order valence-corrected chi connectivity index (χ4v) is 4.49. The van der Waals surface area contributed by atoms with Gasteiger partial charge in [-0.2, -0.15) is 0 Å². The molecule has 0 N–H and O–H groups in total. The lowest BCUT2D eigenvalue weighted by molar-refractivity contribution is 0.102. The van der Waals surface area contributed by atoms with Gasteiger partial charge in [0.1, 0.15) is 5.75 Å². The lowest BCUT2D eigenvalue weighted by Gasteiger charge is -2.07. The smallest absolute Gasteiger partial charge is 0.188 e. The van der Waals surface area contributed by atoms with E-state index in [1.54, 1.807) is 37.3 Å². The van der Waals surface area contributed by atoms with Crippen LogP contribution in [-0.4, -0.2) is 20.0 Å². The number of rotatable bonds is 4. The standard InChI is InChI=1S/C14H13ClO3S2/c1-9-3-5-13(10(2)7-9)20(17,18)8-11(16)12-4-6-14(15)19-12/h3-7H,8H2,1-2H3. The first-order valence-corrected chi connectivity index (χ1v) is 8.73. The SMILES string of the molecule is Cc1ccc(S(=O)(=O)CC(=O)c2ccc(Cl)s2)c(C)c1. The van der Waals surface area contributed by atoms with E-state index in [-0.39, 0.29) is 4.90 Å². The zero-order chi connectivity index (χ0) is 14.9. The highest BCUT2D eigenvalue weighted by Gasteiger charge is 2.23. The van der Waals surface area contributed by atoms with Crippen LogP contribution in [0.4, 0.5) is 0 Å². The molecular formula is C14H13ClO3S2. The molecule has 3 nitrogen and oxygen atoms in total. The van der Waals surface area contributed by atoms with Crippen molar-refractivity contribution in [2.75, 3.05) is 5.75 Å². The Balaban J connectivity index is 2.29. The van der Waals surface area contributed by atoms with Crippen LogP contribution >= 0.6 is 22.9 Å². The molecule has 0 bridgehead atoms. The fourth-order valence-electron chi connectivity index (χ4n) is 1.93. The third kappa shape index (κ3) is 3.29. The number of Topliss-reactive ketones (excluding diaryl/α,β-unsaturated/α-hetero) is 1. The van der Waals surface area contributed by atoms with Gasteiger partial charge < -0.3 is 0 Å². The number of aryl methyl sites for hydroxylation is 2. The molecule has 1 heterocycles. The molecule has 0 aliphatic carbocycles. The number of hydrogen-bond acceptors (Lipinski definition) is 4. The lowest BCUT2D eigenvalue weighted by Crippen LogP contribution is -2.16. The monoisotopic (exact) mass is 328 g/mol.